The van der Waals surface area contributed by atoms with Gasteiger partial charge in [0.1, 0.15) is 18.3 Å². The molecule has 0 aliphatic rings. The van der Waals surface area contributed by atoms with E-state index in [2.05, 4.69) is 10.4 Å². The summed E-state index contributed by atoms with van der Waals surface area (Å²) in [6.07, 6.45) is 2.08. The lowest BCUT2D eigenvalue weighted by Gasteiger charge is -2.20. The summed E-state index contributed by atoms with van der Waals surface area (Å²) in [4.78, 5) is 35.2. The zero-order valence-corrected chi connectivity index (χ0v) is 13.4. The number of aliphatic carboxylic acids is 1. The van der Waals surface area contributed by atoms with Gasteiger partial charge in [-0.15, -0.1) is 0 Å². The molecule has 8 heteroatoms. The fourth-order valence-electron chi connectivity index (χ4n) is 2.16. The first-order valence-electron chi connectivity index (χ1n) is 7.56. The smallest absolute Gasteiger partial charge is 0.326 e. The fraction of sp³-hybridized carbons (Fsp3) is 0.375. The summed E-state index contributed by atoms with van der Waals surface area (Å²) in [6, 6.07) is 5.13. The average Bonchev–Trinajstić information content (AvgIpc) is 3.08. The van der Waals surface area contributed by atoms with Gasteiger partial charge >= 0.3 is 5.97 Å². The number of furan rings is 1. The number of carboxylic acids is 1. The molecule has 0 spiro atoms. The van der Waals surface area contributed by atoms with E-state index in [4.69, 9.17) is 4.42 Å². The minimum Gasteiger partial charge on any atom is -0.480 e. The van der Waals surface area contributed by atoms with E-state index < -0.39 is 23.5 Å². The minimum atomic E-state index is -1.11. The third-order valence-electron chi connectivity index (χ3n) is 3.73. The Morgan fingerprint density at radius 2 is 2.12 bits per heavy atom. The number of aromatic nitrogens is 2. The molecular weight excluding hydrogens is 314 g/mol. The molecule has 24 heavy (non-hydrogen) atoms. The number of nitrogens with zero attached hydrogens (tertiary/aromatic N) is 2. The highest BCUT2D eigenvalue weighted by Gasteiger charge is 2.25. The SMILES string of the molecule is CC[C@H](C)[C@H](NC(=O)Cn1nc(-c2ccco2)ccc1=O)C(=O)O. The fourth-order valence-corrected chi connectivity index (χ4v) is 2.16. The quantitative estimate of drug-likeness (QED) is 0.784. The van der Waals surface area contributed by atoms with Gasteiger partial charge in [-0.2, -0.15) is 5.10 Å². The Bertz CT molecular complexity index is 766. The number of amides is 1. The van der Waals surface area contributed by atoms with Crippen LogP contribution in [0.4, 0.5) is 0 Å². The maximum Gasteiger partial charge on any atom is 0.326 e. The number of hydrogen-bond acceptors (Lipinski definition) is 5. The molecule has 2 N–H and O–H groups in total. The average molecular weight is 333 g/mol. The Morgan fingerprint density at radius 1 is 1.38 bits per heavy atom. The summed E-state index contributed by atoms with van der Waals surface area (Å²) in [5.74, 6) is -1.46. The predicted octanol–water partition coefficient (Wildman–Crippen LogP) is 1.12. The van der Waals surface area contributed by atoms with Crippen LogP contribution in [0.5, 0.6) is 0 Å². The summed E-state index contributed by atoms with van der Waals surface area (Å²) in [7, 11) is 0. The number of carboxylic acid groups (broad SMARTS) is 1. The van der Waals surface area contributed by atoms with Crippen molar-refractivity contribution < 1.29 is 19.1 Å². The molecule has 2 heterocycles. The van der Waals surface area contributed by atoms with Gasteiger partial charge in [0.25, 0.3) is 5.56 Å². The van der Waals surface area contributed by atoms with E-state index in [-0.39, 0.29) is 12.5 Å². The lowest BCUT2D eigenvalue weighted by Crippen LogP contribution is -2.47. The van der Waals surface area contributed by atoms with Gasteiger partial charge < -0.3 is 14.8 Å². The van der Waals surface area contributed by atoms with Crippen molar-refractivity contribution in [2.24, 2.45) is 5.92 Å². The van der Waals surface area contributed by atoms with Crippen LogP contribution in [-0.4, -0.2) is 32.8 Å². The number of carbonyl (C=O) groups excluding carboxylic acids is 1. The van der Waals surface area contributed by atoms with E-state index in [1.807, 2.05) is 6.92 Å². The molecule has 0 aliphatic carbocycles. The summed E-state index contributed by atoms with van der Waals surface area (Å²) in [6.45, 7) is 3.21. The highest BCUT2D eigenvalue weighted by molar-refractivity contribution is 5.83. The second kappa shape index (κ2) is 7.58. The first-order valence-corrected chi connectivity index (χ1v) is 7.56. The molecule has 0 saturated heterocycles. The van der Waals surface area contributed by atoms with Crippen molar-refractivity contribution >= 4 is 11.9 Å². The molecule has 0 radical (unpaired) electrons. The molecule has 0 bridgehead atoms. The third kappa shape index (κ3) is 4.09. The van der Waals surface area contributed by atoms with Crippen LogP contribution in [0.25, 0.3) is 11.5 Å². The molecule has 0 aromatic carbocycles. The Morgan fingerprint density at radius 3 is 2.71 bits per heavy atom. The normalized spacial score (nSPS) is 13.2. The van der Waals surface area contributed by atoms with E-state index in [9.17, 15) is 19.5 Å². The van der Waals surface area contributed by atoms with Crippen LogP contribution in [0.1, 0.15) is 20.3 Å². The highest BCUT2D eigenvalue weighted by atomic mass is 16.4. The van der Waals surface area contributed by atoms with Crippen LogP contribution in [0.2, 0.25) is 0 Å². The lowest BCUT2D eigenvalue weighted by atomic mass is 9.99. The van der Waals surface area contributed by atoms with Crippen LogP contribution in [0.15, 0.2) is 39.7 Å². The largest absolute Gasteiger partial charge is 0.480 e. The van der Waals surface area contributed by atoms with Crippen molar-refractivity contribution in [1.82, 2.24) is 15.1 Å². The summed E-state index contributed by atoms with van der Waals surface area (Å²) in [5, 5.41) is 15.7. The van der Waals surface area contributed by atoms with Crippen molar-refractivity contribution in [3.05, 3.63) is 40.9 Å². The van der Waals surface area contributed by atoms with Crippen LogP contribution >= 0.6 is 0 Å². The third-order valence-corrected chi connectivity index (χ3v) is 3.73. The maximum absolute atomic E-state index is 12.1. The van der Waals surface area contributed by atoms with Gasteiger partial charge in [-0.1, -0.05) is 20.3 Å². The minimum absolute atomic E-state index is 0.231. The lowest BCUT2D eigenvalue weighted by molar-refractivity contribution is -0.143. The first-order chi connectivity index (χ1) is 11.4. The molecule has 8 nitrogen and oxygen atoms in total. The number of nitrogens with one attached hydrogen (secondary N) is 1. The Kier molecular flexibility index (Phi) is 5.51. The van der Waals surface area contributed by atoms with Crippen molar-refractivity contribution in [2.75, 3.05) is 0 Å². The number of hydrogen-bond donors (Lipinski definition) is 2. The van der Waals surface area contributed by atoms with E-state index in [1.54, 1.807) is 19.1 Å². The summed E-state index contributed by atoms with van der Waals surface area (Å²) in [5.41, 5.74) is -0.0556. The molecule has 1 amide bonds. The van der Waals surface area contributed by atoms with Crippen molar-refractivity contribution in [3.63, 3.8) is 0 Å². The molecule has 0 fully saturated rings. The van der Waals surface area contributed by atoms with Crippen molar-refractivity contribution in [2.45, 2.75) is 32.9 Å². The Balaban J connectivity index is 2.15. The molecule has 2 aromatic heterocycles. The monoisotopic (exact) mass is 333 g/mol. The molecule has 2 rings (SSSR count). The van der Waals surface area contributed by atoms with Crippen LogP contribution < -0.4 is 10.9 Å². The molecule has 0 unspecified atom stereocenters. The summed E-state index contributed by atoms with van der Waals surface area (Å²) < 4.78 is 6.18. The molecular formula is C16H19N3O5. The van der Waals surface area contributed by atoms with Crippen molar-refractivity contribution in [3.8, 4) is 11.5 Å². The standard InChI is InChI=1S/C16H19N3O5/c1-3-10(2)15(16(22)23)17-13(20)9-19-14(21)7-6-11(18-19)12-5-4-8-24-12/h4-8,10,15H,3,9H2,1-2H3,(H,17,20)(H,22,23)/t10-,15-/m0/s1. The van der Waals surface area contributed by atoms with E-state index in [0.717, 1.165) is 4.68 Å². The second-order valence-electron chi connectivity index (χ2n) is 5.46. The molecule has 2 aromatic rings. The van der Waals surface area contributed by atoms with Crippen LogP contribution in [0.3, 0.4) is 0 Å². The molecule has 0 saturated carbocycles. The zero-order chi connectivity index (χ0) is 17.7. The maximum atomic E-state index is 12.1. The Labute approximate surface area is 138 Å². The van der Waals surface area contributed by atoms with Gasteiger partial charge in [0.15, 0.2) is 5.76 Å². The van der Waals surface area contributed by atoms with Gasteiger partial charge in [-0.3, -0.25) is 9.59 Å². The van der Waals surface area contributed by atoms with Crippen LogP contribution in [0, 0.1) is 5.92 Å². The van der Waals surface area contributed by atoms with Gasteiger partial charge in [-0.05, 0) is 24.1 Å². The van der Waals surface area contributed by atoms with E-state index in [1.165, 1.54) is 18.4 Å². The van der Waals surface area contributed by atoms with Gasteiger partial charge in [0, 0.05) is 6.07 Å². The van der Waals surface area contributed by atoms with Crippen LogP contribution in [-0.2, 0) is 16.1 Å². The zero-order valence-electron chi connectivity index (χ0n) is 13.4. The highest BCUT2D eigenvalue weighted by Crippen LogP contribution is 2.15. The molecule has 128 valence electrons. The van der Waals surface area contributed by atoms with E-state index in [0.29, 0.717) is 17.9 Å². The van der Waals surface area contributed by atoms with Gasteiger partial charge in [-0.25, -0.2) is 9.48 Å². The van der Waals surface area contributed by atoms with Gasteiger partial charge in [0.05, 0.1) is 6.26 Å². The first kappa shape index (κ1) is 17.5. The molecule has 2 atom stereocenters. The van der Waals surface area contributed by atoms with E-state index >= 15 is 0 Å². The summed E-state index contributed by atoms with van der Waals surface area (Å²) >= 11 is 0. The molecule has 0 aliphatic heterocycles. The Hall–Kier alpha value is -2.90. The topological polar surface area (TPSA) is 114 Å². The second-order valence-corrected chi connectivity index (χ2v) is 5.46. The number of rotatable bonds is 7. The number of carbonyl (C=O) groups is 2. The predicted molar refractivity (Wildman–Crippen MR) is 85.2 cm³/mol. The van der Waals surface area contributed by atoms with Gasteiger partial charge in [0.2, 0.25) is 5.91 Å². The van der Waals surface area contributed by atoms with Crippen molar-refractivity contribution in [1.29, 1.82) is 0 Å².